The third-order valence-electron chi connectivity index (χ3n) is 5.83. The number of hydrogen-bond donors (Lipinski definition) is 1. The van der Waals surface area contributed by atoms with Crippen molar-refractivity contribution >= 4 is 17.3 Å². The van der Waals surface area contributed by atoms with Gasteiger partial charge in [0.15, 0.2) is 0 Å². The van der Waals surface area contributed by atoms with Gasteiger partial charge in [0.25, 0.3) is 5.69 Å². The van der Waals surface area contributed by atoms with Crippen molar-refractivity contribution < 1.29 is 9.72 Å². The van der Waals surface area contributed by atoms with Crippen molar-refractivity contribution in [3.63, 3.8) is 0 Å². The van der Waals surface area contributed by atoms with Gasteiger partial charge >= 0.3 is 0 Å². The topological polar surface area (TPSA) is 75.5 Å². The maximum Gasteiger partial charge on any atom is 0.292 e. The van der Waals surface area contributed by atoms with E-state index >= 15 is 0 Å². The van der Waals surface area contributed by atoms with Crippen LogP contribution in [0.3, 0.4) is 0 Å². The summed E-state index contributed by atoms with van der Waals surface area (Å²) in [6.07, 6.45) is 3.75. The summed E-state index contributed by atoms with van der Waals surface area (Å²) in [5, 5.41) is 14.6. The number of nitrogens with one attached hydrogen (secondary N) is 1. The number of rotatable bonds is 6. The molecule has 1 aliphatic heterocycles. The quantitative estimate of drug-likeness (QED) is 0.606. The lowest BCUT2D eigenvalue weighted by atomic mass is 9.94. The fourth-order valence-electron chi connectivity index (χ4n) is 4.10. The van der Waals surface area contributed by atoms with E-state index in [9.17, 15) is 14.9 Å². The first-order chi connectivity index (χ1) is 13.6. The molecule has 1 amide bonds. The number of amides is 1. The van der Waals surface area contributed by atoms with Crippen molar-refractivity contribution in [1.29, 1.82) is 0 Å². The number of anilines is 1. The van der Waals surface area contributed by atoms with Gasteiger partial charge in [0.2, 0.25) is 5.91 Å². The van der Waals surface area contributed by atoms with Crippen LogP contribution in [0.1, 0.15) is 37.3 Å². The zero-order valence-corrected chi connectivity index (χ0v) is 15.8. The lowest BCUT2D eigenvalue weighted by Gasteiger charge is -2.33. The van der Waals surface area contributed by atoms with Crippen molar-refractivity contribution in [2.75, 3.05) is 18.0 Å². The van der Waals surface area contributed by atoms with Gasteiger partial charge < -0.3 is 10.2 Å². The molecule has 1 atom stereocenters. The molecule has 1 heterocycles. The van der Waals surface area contributed by atoms with E-state index in [2.05, 4.69) is 17.4 Å². The number of hydrogen-bond acceptors (Lipinski definition) is 4. The Bertz CT molecular complexity index is 843. The highest BCUT2D eigenvalue weighted by Gasteiger charge is 2.35. The summed E-state index contributed by atoms with van der Waals surface area (Å²) in [5.74, 6) is 0.616. The minimum Gasteiger partial charge on any atom is -0.366 e. The van der Waals surface area contributed by atoms with Gasteiger partial charge in [-0.3, -0.25) is 14.9 Å². The van der Waals surface area contributed by atoms with Gasteiger partial charge in [0.1, 0.15) is 5.69 Å². The highest BCUT2D eigenvalue weighted by Crippen LogP contribution is 2.41. The Balaban J connectivity index is 1.38. The van der Waals surface area contributed by atoms with Crippen LogP contribution in [0.15, 0.2) is 54.6 Å². The van der Waals surface area contributed by atoms with Crippen LogP contribution in [-0.4, -0.2) is 23.9 Å². The summed E-state index contributed by atoms with van der Waals surface area (Å²) in [4.78, 5) is 25.9. The average molecular weight is 379 g/mol. The lowest BCUT2D eigenvalue weighted by Crippen LogP contribution is -2.42. The van der Waals surface area contributed by atoms with Crippen LogP contribution in [-0.2, 0) is 4.79 Å². The molecule has 6 heteroatoms. The van der Waals surface area contributed by atoms with E-state index in [1.807, 2.05) is 29.2 Å². The van der Waals surface area contributed by atoms with E-state index < -0.39 is 0 Å². The third-order valence-corrected chi connectivity index (χ3v) is 5.83. The van der Waals surface area contributed by atoms with Gasteiger partial charge in [-0.25, -0.2) is 0 Å². The Morgan fingerprint density at radius 2 is 1.64 bits per heavy atom. The van der Waals surface area contributed by atoms with Gasteiger partial charge in [-0.05, 0) is 43.2 Å². The van der Waals surface area contributed by atoms with Crippen LogP contribution in [0, 0.1) is 22.0 Å². The second-order valence-corrected chi connectivity index (χ2v) is 7.74. The molecule has 0 spiro atoms. The number of carbonyl (C=O) groups excluding carboxylic acids is 1. The van der Waals surface area contributed by atoms with E-state index in [0.29, 0.717) is 37.5 Å². The molecule has 1 N–H and O–H groups in total. The van der Waals surface area contributed by atoms with Gasteiger partial charge in [-0.1, -0.05) is 42.5 Å². The average Bonchev–Trinajstić information content (AvgIpc) is 3.58. The highest BCUT2D eigenvalue weighted by atomic mass is 16.6. The molecule has 1 aliphatic carbocycles. The molecule has 2 fully saturated rings. The molecule has 28 heavy (non-hydrogen) atoms. The van der Waals surface area contributed by atoms with Gasteiger partial charge in [-0.15, -0.1) is 0 Å². The number of carbonyl (C=O) groups is 1. The molecule has 4 rings (SSSR count). The fraction of sp³-hybridized carbons (Fsp3) is 0.409. The van der Waals surface area contributed by atoms with Crippen LogP contribution < -0.4 is 10.2 Å². The molecule has 1 saturated carbocycles. The summed E-state index contributed by atoms with van der Waals surface area (Å²) >= 11 is 0. The molecule has 2 aliphatic rings. The number of nitro groups is 1. The number of piperidine rings is 1. The van der Waals surface area contributed by atoms with Crippen LogP contribution in [0.2, 0.25) is 0 Å². The smallest absolute Gasteiger partial charge is 0.292 e. The monoisotopic (exact) mass is 379 g/mol. The Morgan fingerprint density at radius 3 is 2.29 bits per heavy atom. The van der Waals surface area contributed by atoms with Crippen molar-refractivity contribution in [2.45, 2.75) is 31.7 Å². The zero-order chi connectivity index (χ0) is 19.5. The Morgan fingerprint density at radius 1 is 1.00 bits per heavy atom. The standard InChI is InChI=1S/C22H25N3O3/c26-22(23-21(17-10-11-17)16-6-2-1-3-7-16)18-12-14-24(15-13-18)19-8-4-5-9-20(19)25(27)28/h1-9,17-18,21H,10-15H2,(H,23,26). The second kappa shape index (κ2) is 8.00. The van der Waals surface area contributed by atoms with Crippen molar-refractivity contribution in [3.05, 3.63) is 70.3 Å². The van der Waals surface area contributed by atoms with Gasteiger partial charge in [-0.2, -0.15) is 0 Å². The van der Waals surface area contributed by atoms with E-state index in [4.69, 9.17) is 0 Å². The molecular formula is C22H25N3O3. The molecule has 146 valence electrons. The van der Waals surface area contributed by atoms with E-state index in [1.165, 1.54) is 11.6 Å². The van der Waals surface area contributed by atoms with Gasteiger partial charge in [0.05, 0.1) is 11.0 Å². The van der Waals surface area contributed by atoms with Crippen LogP contribution in [0.5, 0.6) is 0 Å². The number of para-hydroxylation sites is 2. The first kappa shape index (κ1) is 18.5. The summed E-state index contributed by atoms with van der Waals surface area (Å²) < 4.78 is 0. The third kappa shape index (κ3) is 4.01. The highest BCUT2D eigenvalue weighted by molar-refractivity contribution is 5.79. The van der Waals surface area contributed by atoms with Crippen molar-refractivity contribution in [3.8, 4) is 0 Å². The zero-order valence-electron chi connectivity index (χ0n) is 15.8. The summed E-state index contributed by atoms with van der Waals surface area (Å²) in [7, 11) is 0. The Kier molecular flexibility index (Phi) is 5.28. The predicted molar refractivity (Wildman–Crippen MR) is 108 cm³/mol. The summed E-state index contributed by atoms with van der Waals surface area (Å²) in [6.45, 7) is 1.31. The molecule has 2 aromatic rings. The molecule has 1 saturated heterocycles. The van der Waals surface area contributed by atoms with E-state index in [-0.39, 0.29) is 28.5 Å². The first-order valence-corrected chi connectivity index (χ1v) is 9.97. The van der Waals surface area contributed by atoms with Crippen LogP contribution in [0.4, 0.5) is 11.4 Å². The van der Waals surface area contributed by atoms with Crippen molar-refractivity contribution in [2.24, 2.45) is 11.8 Å². The molecule has 0 radical (unpaired) electrons. The minimum absolute atomic E-state index is 0.0380. The second-order valence-electron chi connectivity index (χ2n) is 7.74. The molecular weight excluding hydrogens is 354 g/mol. The van der Waals surface area contributed by atoms with E-state index in [0.717, 1.165) is 12.8 Å². The first-order valence-electron chi connectivity index (χ1n) is 9.97. The minimum atomic E-state index is -0.339. The largest absolute Gasteiger partial charge is 0.366 e. The number of nitrogens with zero attached hydrogens (tertiary/aromatic N) is 2. The van der Waals surface area contributed by atoms with Crippen LogP contribution in [0.25, 0.3) is 0 Å². The number of benzene rings is 2. The van der Waals surface area contributed by atoms with Crippen molar-refractivity contribution in [1.82, 2.24) is 5.32 Å². The fourth-order valence-corrected chi connectivity index (χ4v) is 4.10. The van der Waals surface area contributed by atoms with Gasteiger partial charge in [0, 0.05) is 25.1 Å². The molecule has 0 aromatic heterocycles. The normalized spacial score (nSPS) is 18.5. The lowest BCUT2D eigenvalue weighted by molar-refractivity contribution is -0.384. The molecule has 2 aromatic carbocycles. The van der Waals surface area contributed by atoms with E-state index in [1.54, 1.807) is 12.1 Å². The number of nitro benzene ring substituents is 1. The molecule has 6 nitrogen and oxygen atoms in total. The maximum absolute atomic E-state index is 12.9. The van der Waals surface area contributed by atoms with Crippen LogP contribution >= 0.6 is 0 Å². The SMILES string of the molecule is O=C(NC(c1ccccc1)C1CC1)C1CCN(c2ccccc2[N+](=O)[O-])CC1. The Labute approximate surface area is 164 Å². The summed E-state index contributed by atoms with van der Waals surface area (Å²) in [6, 6.07) is 17.1. The predicted octanol–water partition coefficient (Wildman–Crippen LogP) is 4.08. The Hall–Kier alpha value is -2.89. The molecule has 1 unspecified atom stereocenters. The maximum atomic E-state index is 12.9. The summed E-state index contributed by atoms with van der Waals surface area (Å²) in [5.41, 5.74) is 1.95. The molecule has 0 bridgehead atoms.